The van der Waals surface area contributed by atoms with Crippen LogP contribution in [0.1, 0.15) is 24.8 Å². The summed E-state index contributed by atoms with van der Waals surface area (Å²) in [6, 6.07) is 6.54. The van der Waals surface area contributed by atoms with Crippen LogP contribution >= 0.6 is 11.8 Å². The average Bonchev–Trinajstić information content (AvgIpc) is 3.31. The first-order valence-corrected chi connectivity index (χ1v) is 9.71. The molecule has 2 aliphatic heterocycles. The van der Waals surface area contributed by atoms with Crippen LogP contribution in [0.5, 0.6) is 0 Å². The minimum atomic E-state index is -0.432. The van der Waals surface area contributed by atoms with E-state index in [1.807, 2.05) is 16.7 Å². The van der Waals surface area contributed by atoms with Gasteiger partial charge in [-0.25, -0.2) is 0 Å². The Balaban J connectivity index is 1.70. The average molecular weight is 362 g/mol. The van der Waals surface area contributed by atoms with E-state index in [9.17, 15) is 14.9 Å². The fourth-order valence-corrected chi connectivity index (χ4v) is 4.42. The highest BCUT2D eigenvalue weighted by atomic mass is 32.2. The number of hydrogen-bond donors (Lipinski definition) is 0. The first kappa shape index (κ1) is 17.9. The number of nitrogens with zero attached hydrogens (tertiary/aromatic N) is 2. The van der Waals surface area contributed by atoms with Crippen molar-refractivity contribution >= 4 is 29.4 Å². The molecule has 6 nitrogen and oxygen atoms in total. The second-order valence-electron chi connectivity index (χ2n) is 6.33. The number of amides is 1. The summed E-state index contributed by atoms with van der Waals surface area (Å²) in [6.07, 6.45) is 6.36. The van der Waals surface area contributed by atoms with Crippen LogP contribution in [-0.4, -0.2) is 52.5 Å². The molecule has 7 heteroatoms. The number of rotatable bonds is 6. The van der Waals surface area contributed by atoms with Gasteiger partial charge in [0.15, 0.2) is 0 Å². The van der Waals surface area contributed by atoms with Crippen LogP contribution < -0.4 is 0 Å². The van der Waals surface area contributed by atoms with E-state index < -0.39 is 4.92 Å². The molecular formula is C18H22N2O4S. The predicted octanol–water partition coefficient (Wildman–Crippen LogP) is 3.12. The summed E-state index contributed by atoms with van der Waals surface area (Å²) < 4.78 is 5.70. The third-order valence-electron chi connectivity index (χ3n) is 4.55. The first-order chi connectivity index (χ1) is 12.1. The van der Waals surface area contributed by atoms with Crippen molar-refractivity contribution < 1.29 is 14.5 Å². The number of non-ortho nitro benzene ring substituents is 1. The van der Waals surface area contributed by atoms with Crippen LogP contribution in [0.25, 0.3) is 6.08 Å². The molecule has 2 fully saturated rings. The molecule has 2 saturated heterocycles. The van der Waals surface area contributed by atoms with Gasteiger partial charge in [0.1, 0.15) is 0 Å². The number of benzene rings is 1. The summed E-state index contributed by atoms with van der Waals surface area (Å²) in [5.41, 5.74) is 0.679. The van der Waals surface area contributed by atoms with E-state index in [1.165, 1.54) is 18.2 Å². The Labute approximate surface area is 151 Å². The number of ether oxygens (including phenoxy) is 1. The minimum Gasteiger partial charge on any atom is -0.376 e. The smallest absolute Gasteiger partial charge is 0.270 e. The van der Waals surface area contributed by atoms with Crippen LogP contribution in [0.15, 0.2) is 30.3 Å². The van der Waals surface area contributed by atoms with Gasteiger partial charge in [0.05, 0.1) is 11.0 Å². The standard InChI is InChI=1S/C18H22N2O4S/c21-18(7-6-14-3-1-4-15(11-14)20(22)23)19(16-8-10-25-13-16)12-17-5-2-9-24-17/h1,3-4,6-7,11,16-17H,2,5,8-10,12-13H2/b7-6+. The zero-order chi connectivity index (χ0) is 17.6. The van der Waals surface area contributed by atoms with Gasteiger partial charge in [0.25, 0.3) is 5.69 Å². The quantitative estimate of drug-likeness (QED) is 0.442. The molecule has 2 aliphatic rings. The number of nitro benzene ring substituents is 1. The fraction of sp³-hybridized carbons (Fsp3) is 0.500. The molecular weight excluding hydrogens is 340 g/mol. The van der Waals surface area contributed by atoms with E-state index in [-0.39, 0.29) is 23.7 Å². The Kier molecular flexibility index (Phi) is 6.09. The summed E-state index contributed by atoms with van der Waals surface area (Å²) in [5.74, 6) is 1.99. The molecule has 0 saturated carbocycles. The second-order valence-corrected chi connectivity index (χ2v) is 7.48. The lowest BCUT2D eigenvalue weighted by Gasteiger charge is -2.29. The van der Waals surface area contributed by atoms with Crippen molar-refractivity contribution in [3.63, 3.8) is 0 Å². The van der Waals surface area contributed by atoms with Crippen molar-refractivity contribution in [2.45, 2.75) is 31.4 Å². The zero-order valence-electron chi connectivity index (χ0n) is 14.0. The molecule has 134 valence electrons. The van der Waals surface area contributed by atoms with Gasteiger partial charge in [-0.15, -0.1) is 0 Å². The van der Waals surface area contributed by atoms with Gasteiger partial charge in [-0.3, -0.25) is 14.9 Å². The Morgan fingerprint density at radius 3 is 3.00 bits per heavy atom. The number of thioether (sulfide) groups is 1. The summed E-state index contributed by atoms with van der Waals surface area (Å²) in [7, 11) is 0. The SMILES string of the molecule is O=C(/C=C/c1cccc([N+](=O)[O-])c1)N(CC1CCCO1)C1CCSC1. The fourth-order valence-electron chi connectivity index (χ4n) is 3.20. The highest BCUT2D eigenvalue weighted by molar-refractivity contribution is 7.99. The summed E-state index contributed by atoms with van der Waals surface area (Å²) >= 11 is 1.87. The maximum atomic E-state index is 12.8. The van der Waals surface area contributed by atoms with E-state index in [1.54, 1.807) is 18.2 Å². The largest absolute Gasteiger partial charge is 0.376 e. The molecule has 1 amide bonds. The van der Waals surface area contributed by atoms with Crippen molar-refractivity contribution in [2.24, 2.45) is 0 Å². The van der Waals surface area contributed by atoms with E-state index in [0.29, 0.717) is 12.1 Å². The summed E-state index contributed by atoms with van der Waals surface area (Å²) in [4.78, 5) is 25.1. The summed E-state index contributed by atoms with van der Waals surface area (Å²) in [6.45, 7) is 1.40. The molecule has 1 aromatic carbocycles. The molecule has 0 N–H and O–H groups in total. The topological polar surface area (TPSA) is 72.7 Å². The van der Waals surface area contributed by atoms with Crippen molar-refractivity contribution in [1.29, 1.82) is 0 Å². The Bertz CT molecular complexity index is 652. The maximum absolute atomic E-state index is 12.8. The molecule has 0 aliphatic carbocycles. The third kappa shape index (κ3) is 4.83. The second kappa shape index (κ2) is 8.49. The van der Waals surface area contributed by atoms with Crippen LogP contribution in [0.2, 0.25) is 0 Å². The van der Waals surface area contributed by atoms with Gasteiger partial charge in [-0.2, -0.15) is 11.8 Å². The lowest BCUT2D eigenvalue weighted by molar-refractivity contribution is -0.384. The van der Waals surface area contributed by atoms with Gasteiger partial charge >= 0.3 is 0 Å². The molecule has 2 heterocycles. The molecule has 0 spiro atoms. The maximum Gasteiger partial charge on any atom is 0.270 e. The first-order valence-electron chi connectivity index (χ1n) is 8.56. The number of hydrogen-bond acceptors (Lipinski definition) is 5. The van der Waals surface area contributed by atoms with Gasteiger partial charge in [-0.1, -0.05) is 12.1 Å². The zero-order valence-corrected chi connectivity index (χ0v) is 14.8. The highest BCUT2D eigenvalue weighted by Crippen LogP contribution is 2.25. The molecule has 3 rings (SSSR count). The van der Waals surface area contributed by atoms with Crippen LogP contribution in [0, 0.1) is 10.1 Å². The molecule has 2 atom stereocenters. The Morgan fingerprint density at radius 1 is 1.44 bits per heavy atom. The highest BCUT2D eigenvalue weighted by Gasteiger charge is 2.29. The lowest BCUT2D eigenvalue weighted by Crippen LogP contribution is -2.43. The van der Waals surface area contributed by atoms with Crippen molar-refractivity contribution in [3.05, 3.63) is 46.0 Å². The van der Waals surface area contributed by atoms with Gasteiger partial charge in [-0.05, 0) is 36.7 Å². The van der Waals surface area contributed by atoms with E-state index >= 15 is 0 Å². The van der Waals surface area contributed by atoms with E-state index in [0.717, 1.165) is 37.4 Å². The minimum absolute atomic E-state index is 0.0259. The Morgan fingerprint density at radius 2 is 2.32 bits per heavy atom. The van der Waals surface area contributed by atoms with Crippen molar-refractivity contribution in [3.8, 4) is 0 Å². The van der Waals surface area contributed by atoms with Crippen LogP contribution in [0.3, 0.4) is 0 Å². The molecule has 25 heavy (non-hydrogen) atoms. The Hall–Kier alpha value is -1.86. The number of nitro groups is 1. The monoisotopic (exact) mass is 362 g/mol. The van der Waals surface area contributed by atoms with Crippen molar-refractivity contribution in [1.82, 2.24) is 4.90 Å². The van der Waals surface area contributed by atoms with Gasteiger partial charge in [0.2, 0.25) is 5.91 Å². The van der Waals surface area contributed by atoms with Gasteiger partial charge in [0, 0.05) is 43.2 Å². The lowest BCUT2D eigenvalue weighted by atomic mass is 10.1. The van der Waals surface area contributed by atoms with E-state index in [2.05, 4.69) is 0 Å². The molecule has 0 radical (unpaired) electrons. The number of carbonyl (C=O) groups excluding carboxylic acids is 1. The van der Waals surface area contributed by atoms with E-state index in [4.69, 9.17) is 4.74 Å². The molecule has 2 unspecified atom stereocenters. The summed E-state index contributed by atoms with van der Waals surface area (Å²) in [5, 5.41) is 10.9. The van der Waals surface area contributed by atoms with Gasteiger partial charge < -0.3 is 9.64 Å². The van der Waals surface area contributed by atoms with Crippen molar-refractivity contribution in [2.75, 3.05) is 24.7 Å². The predicted molar refractivity (Wildman–Crippen MR) is 98.5 cm³/mol. The molecule has 0 aromatic heterocycles. The molecule has 1 aromatic rings. The number of carbonyl (C=O) groups is 1. The van der Waals surface area contributed by atoms with Crippen LogP contribution in [-0.2, 0) is 9.53 Å². The van der Waals surface area contributed by atoms with Crippen LogP contribution in [0.4, 0.5) is 5.69 Å². The molecule has 0 bridgehead atoms. The normalized spacial score (nSPS) is 23.2. The third-order valence-corrected chi connectivity index (χ3v) is 5.70.